The van der Waals surface area contributed by atoms with Crippen molar-refractivity contribution in [3.8, 4) is 0 Å². The third-order valence-corrected chi connectivity index (χ3v) is 3.49. The van der Waals surface area contributed by atoms with Gasteiger partial charge in [-0.2, -0.15) is 4.37 Å². The van der Waals surface area contributed by atoms with Gasteiger partial charge in [0.2, 0.25) is 0 Å². The Hall–Kier alpha value is -0.720. The fourth-order valence-corrected chi connectivity index (χ4v) is 2.71. The molecule has 0 bridgehead atoms. The number of nitrogens with zero attached hydrogens (tertiary/aromatic N) is 4. The van der Waals surface area contributed by atoms with Crippen LogP contribution in [0.2, 0.25) is 5.15 Å². The zero-order valence-corrected chi connectivity index (χ0v) is 10.2. The Morgan fingerprint density at radius 1 is 1.47 bits per heavy atom. The van der Waals surface area contributed by atoms with Crippen molar-refractivity contribution in [1.29, 1.82) is 0 Å². The van der Waals surface area contributed by atoms with Crippen LogP contribution >= 0.6 is 34.9 Å². The van der Waals surface area contributed by atoms with E-state index in [4.69, 9.17) is 11.6 Å². The summed E-state index contributed by atoms with van der Waals surface area (Å²) < 4.78 is 5.06. The second-order valence-electron chi connectivity index (χ2n) is 2.61. The summed E-state index contributed by atoms with van der Waals surface area (Å²) >= 11 is 8.57. The van der Waals surface area contributed by atoms with Gasteiger partial charge in [-0.15, -0.1) is 0 Å². The molecule has 0 unspecified atom stereocenters. The summed E-state index contributed by atoms with van der Waals surface area (Å²) in [5, 5.41) is 1.22. The molecule has 0 radical (unpaired) electrons. The van der Waals surface area contributed by atoms with Crippen LogP contribution in [-0.2, 0) is 6.42 Å². The lowest BCUT2D eigenvalue weighted by molar-refractivity contribution is 0.969. The van der Waals surface area contributed by atoms with Gasteiger partial charge >= 0.3 is 0 Å². The average molecular weight is 259 g/mol. The largest absolute Gasteiger partial charge is 0.229 e. The fraction of sp³-hybridized carbons (Fsp3) is 0.250. The van der Waals surface area contributed by atoms with Crippen LogP contribution in [0.25, 0.3) is 0 Å². The maximum atomic E-state index is 5.75. The molecule has 0 saturated heterocycles. The lowest BCUT2D eigenvalue weighted by Crippen LogP contribution is -1.83. The molecule has 0 N–H and O–H groups in total. The van der Waals surface area contributed by atoms with Crippen LogP contribution in [0.15, 0.2) is 21.8 Å². The summed E-state index contributed by atoms with van der Waals surface area (Å²) in [5.41, 5.74) is 0. The van der Waals surface area contributed by atoms with Crippen LogP contribution in [-0.4, -0.2) is 19.3 Å². The molecule has 0 aromatic carbocycles. The van der Waals surface area contributed by atoms with Gasteiger partial charge in [-0.1, -0.05) is 18.5 Å². The number of aryl methyl sites for hydroxylation is 1. The molecule has 2 heterocycles. The van der Waals surface area contributed by atoms with E-state index >= 15 is 0 Å². The highest BCUT2D eigenvalue weighted by Crippen LogP contribution is 2.28. The zero-order valence-electron chi connectivity index (χ0n) is 7.85. The molecule has 0 fully saturated rings. The Morgan fingerprint density at radius 3 is 3.00 bits per heavy atom. The van der Waals surface area contributed by atoms with Crippen molar-refractivity contribution < 1.29 is 0 Å². The lowest BCUT2D eigenvalue weighted by atomic mass is 10.5. The van der Waals surface area contributed by atoms with Crippen molar-refractivity contribution in [2.45, 2.75) is 22.7 Å². The monoisotopic (exact) mass is 258 g/mol. The molecule has 0 amide bonds. The van der Waals surface area contributed by atoms with Crippen molar-refractivity contribution in [3.63, 3.8) is 0 Å². The minimum absolute atomic E-state index is 0.438. The molecule has 2 aromatic rings. The van der Waals surface area contributed by atoms with E-state index in [0.29, 0.717) is 5.15 Å². The van der Waals surface area contributed by atoms with E-state index in [1.165, 1.54) is 29.6 Å². The van der Waals surface area contributed by atoms with Gasteiger partial charge in [-0.05, 0) is 23.3 Å². The Morgan fingerprint density at radius 2 is 2.33 bits per heavy atom. The van der Waals surface area contributed by atoms with Crippen LogP contribution in [0, 0.1) is 0 Å². The van der Waals surface area contributed by atoms with Gasteiger partial charge in [-0.3, -0.25) is 0 Å². The standard InChI is InChI=1S/C8H7ClN4S2/c1-2-6-12-8(15-13-6)14-7-3-5(9)10-4-11-7/h3-4H,2H2,1H3. The van der Waals surface area contributed by atoms with Crippen molar-refractivity contribution in [1.82, 2.24) is 19.3 Å². The highest BCUT2D eigenvalue weighted by Gasteiger charge is 2.05. The van der Waals surface area contributed by atoms with Crippen molar-refractivity contribution in [3.05, 3.63) is 23.4 Å². The molecule has 2 rings (SSSR count). The summed E-state index contributed by atoms with van der Waals surface area (Å²) in [4.78, 5) is 12.2. The van der Waals surface area contributed by atoms with E-state index in [1.807, 2.05) is 6.92 Å². The zero-order chi connectivity index (χ0) is 10.7. The second-order valence-corrected chi connectivity index (χ2v) is 5.02. The summed E-state index contributed by atoms with van der Waals surface area (Å²) in [5.74, 6) is 0.864. The minimum atomic E-state index is 0.438. The molecular weight excluding hydrogens is 252 g/mol. The predicted molar refractivity (Wildman–Crippen MR) is 60.5 cm³/mol. The Kier molecular flexibility index (Phi) is 3.50. The first-order chi connectivity index (χ1) is 7.28. The SMILES string of the molecule is CCc1nsc(Sc2cc(Cl)ncn2)n1. The molecule has 2 aromatic heterocycles. The molecule has 0 aliphatic carbocycles. The highest BCUT2D eigenvalue weighted by atomic mass is 35.5. The third kappa shape index (κ3) is 2.87. The van der Waals surface area contributed by atoms with E-state index < -0.39 is 0 Å². The van der Waals surface area contributed by atoms with Crippen molar-refractivity contribution in [2.75, 3.05) is 0 Å². The molecular formula is C8H7ClN4S2. The summed E-state index contributed by atoms with van der Waals surface area (Å²) in [6.45, 7) is 2.03. The van der Waals surface area contributed by atoms with Crippen LogP contribution in [0.3, 0.4) is 0 Å². The Labute approximate surface area is 100 Å². The smallest absolute Gasteiger partial charge is 0.176 e. The summed E-state index contributed by atoms with van der Waals surface area (Å²) in [7, 11) is 0. The molecule has 78 valence electrons. The molecule has 4 nitrogen and oxygen atoms in total. The van der Waals surface area contributed by atoms with Crippen molar-refractivity contribution in [2.24, 2.45) is 0 Å². The minimum Gasteiger partial charge on any atom is -0.229 e. The number of rotatable bonds is 3. The molecule has 7 heteroatoms. The van der Waals surface area contributed by atoms with E-state index in [1.54, 1.807) is 6.07 Å². The van der Waals surface area contributed by atoms with Gasteiger partial charge in [0, 0.05) is 12.5 Å². The van der Waals surface area contributed by atoms with Crippen molar-refractivity contribution >= 4 is 34.9 Å². The number of halogens is 1. The quantitative estimate of drug-likeness (QED) is 0.793. The highest BCUT2D eigenvalue weighted by molar-refractivity contribution is 8.00. The molecule has 15 heavy (non-hydrogen) atoms. The second kappa shape index (κ2) is 4.87. The average Bonchev–Trinajstić information content (AvgIpc) is 2.65. The van der Waals surface area contributed by atoms with E-state index in [0.717, 1.165) is 21.6 Å². The molecule has 0 saturated carbocycles. The van der Waals surface area contributed by atoms with Crippen LogP contribution in [0.1, 0.15) is 12.7 Å². The Balaban J connectivity index is 2.14. The maximum Gasteiger partial charge on any atom is 0.176 e. The van der Waals surface area contributed by atoms with Gasteiger partial charge in [-0.25, -0.2) is 15.0 Å². The number of hydrogen-bond donors (Lipinski definition) is 0. The fourth-order valence-electron chi connectivity index (χ4n) is 0.886. The number of aromatic nitrogens is 4. The predicted octanol–water partition coefficient (Wildman–Crippen LogP) is 2.70. The van der Waals surface area contributed by atoms with E-state index in [-0.39, 0.29) is 0 Å². The van der Waals surface area contributed by atoms with Crippen LogP contribution in [0.5, 0.6) is 0 Å². The lowest BCUT2D eigenvalue weighted by Gasteiger charge is -1.94. The van der Waals surface area contributed by atoms with Gasteiger partial charge in [0.05, 0.1) is 0 Å². The number of hydrogen-bond acceptors (Lipinski definition) is 6. The summed E-state index contributed by atoms with van der Waals surface area (Å²) in [6.07, 6.45) is 2.29. The van der Waals surface area contributed by atoms with Crippen LogP contribution in [0.4, 0.5) is 0 Å². The van der Waals surface area contributed by atoms with Gasteiger partial charge in [0.25, 0.3) is 0 Å². The third-order valence-electron chi connectivity index (χ3n) is 1.57. The van der Waals surface area contributed by atoms with Gasteiger partial charge in [0.15, 0.2) is 4.34 Å². The summed E-state index contributed by atoms with van der Waals surface area (Å²) in [6, 6.07) is 1.71. The molecule has 0 spiro atoms. The van der Waals surface area contributed by atoms with Gasteiger partial charge in [0.1, 0.15) is 22.3 Å². The Bertz CT molecular complexity index is 459. The maximum absolute atomic E-state index is 5.75. The molecule has 0 aliphatic rings. The first-order valence-electron chi connectivity index (χ1n) is 4.26. The van der Waals surface area contributed by atoms with Crippen LogP contribution < -0.4 is 0 Å². The van der Waals surface area contributed by atoms with E-state index in [9.17, 15) is 0 Å². The molecule has 0 atom stereocenters. The van der Waals surface area contributed by atoms with Gasteiger partial charge < -0.3 is 0 Å². The first-order valence-corrected chi connectivity index (χ1v) is 6.22. The van der Waals surface area contributed by atoms with E-state index in [2.05, 4.69) is 19.3 Å². The normalized spacial score (nSPS) is 10.5. The first kappa shape index (κ1) is 10.8. The molecule has 0 aliphatic heterocycles. The topological polar surface area (TPSA) is 51.6 Å².